The van der Waals surface area contributed by atoms with Crippen LogP contribution < -0.4 is 16.9 Å². The maximum atomic E-state index is 5.22. The molecule has 0 bridgehead atoms. The van der Waals surface area contributed by atoms with Gasteiger partial charge in [-0.1, -0.05) is 31.8 Å². The van der Waals surface area contributed by atoms with Crippen LogP contribution in [0.5, 0.6) is 0 Å². The van der Waals surface area contributed by atoms with Crippen LogP contribution in [0.4, 0.5) is 5.82 Å². The van der Waals surface area contributed by atoms with E-state index in [4.69, 9.17) is 5.84 Å². The lowest BCUT2D eigenvalue weighted by molar-refractivity contribution is 1.08. The minimum atomic E-state index is 0.708. The molecule has 0 aromatic carbocycles. The van der Waals surface area contributed by atoms with Gasteiger partial charge in [0.15, 0.2) is 7.28 Å². The summed E-state index contributed by atoms with van der Waals surface area (Å²) in [6.07, 6.45) is 2.20. The lowest BCUT2D eigenvalue weighted by atomic mass is 9.70. The van der Waals surface area contributed by atoms with E-state index >= 15 is 0 Å². The molecule has 0 saturated heterocycles. The highest BCUT2D eigenvalue weighted by Gasteiger charge is 1.96. The fraction of sp³-hybridized carbons (Fsp3) is 0.375. The molecule has 0 saturated carbocycles. The minimum Gasteiger partial charge on any atom is -0.309 e. The van der Waals surface area contributed by atoms with E-state index in [0.29, 0.717) is 5.82 Å². The number of pyridine rings is 1. The Bertz CT molecular complexity index is 239. The number of anilines is 1. The van der Waals surface area contributed by atoms with Crippen molar-refractivity contribution in [3.8, 4) is 0 Å². The average Bonchev–Trinajstić information content (AvgIpc) is 2.15. The van der Waals surface area contributed by atoms with Gasteiger partial charge in [0.25, 0.3) is 0 Å². The predicted molar refractivity (Wildman–Crippen MR) is 52.5 cm³/mol. The monoisotopic (exact) mass is 162 g/mol. The van der Waals surface area contributed by atoms with Gasteiger partial charge in [0.1, 0.15) is 5.82 Å². The molecular weight excluding hydrogens is 149 g/mol. The van der Waals surface area contributed by atoms with Crippen LogP contribution in [-0.2, 0) is 0 Å². The maximum Gasteiger partial charge on any atom is 0.177 e. The number of nitrogens with two attached hydrogens (primary N) is 1. The first-order chi connectivity index (χ1) is 5.86. The largest absolute Gasteiger partial charge is 0.309 e. The van der Waals surface area contributed by atoms with Crippen molar-refractivity contribution in [3.05, 3.63) is 18.2 Å². The summed E-state index contributed by atoms with van der Waals surface area (Å²) in [5, 5.41) is 0. The highest BCUT2D eigenvalue weighted by molar-refractivity contribution is 6.52. The van der Waals surface area contributed by atoms with Crippen LogP contribution in [0.3, 0.4) is 0 Å². The Kier molecular flexibility index (Phi) is 3.61. The first-order valence-corrected chi connectivity index (χ1v) is 4.13. The Hall–Kier alpha value is -1.03. The average molecular weight is 162 g/mol. The molecule has 1 aromatic heterocycles. The molecule has 0 aliphatic carbocycles. The molecule has 63 valence electrons. The minimum absolute atomic E-state index is 0.708. The van der Waals surface area contributed by atoms with Crippen molar-refractivity contribution in [2.45, 2.75) is 19.7 Å². The van der Waals surface area contributed by atoms with Crippen LogP contribution in [0.15, 0.2) is 18.2 Å². The number of rotatable bonds is 4. The Morgan fingerprint density at radius 1 is 1.58 bits per heavy atom. The standard InChI is InChI=1S/C8H13BN3/c1-2-6-9-7-4-3-5-8(11-7)12-10/h3-5H,2,6,10H2,1H3,(H,11,12). The van der Waals surface area contributed by atoms with E-state index in [1.807, 2.05) is 18.2 Å². The molecular formula is C8H13BN3. The van der Waals surface area contributed by atoms with Crippen molar-refractivity contribution in [1.82, 2.24) is 4.98 Å². The van der Waals surface area contributed by atoms with Crippen molar-refractivity contribution in [1.29, 1.82) is 0 Å². The third kappa shape index (κ3) is 2.55. The SMILES string of the molecule is CCC[B]c1cccc(NN)n1. The van der Waals surface area contributed by atoms with E-state index in [9.17, 15) is 0 Å². The van der Waals surface area contributed by atoms with Crippen molar-refractivity contribution in [3.63, 3.8) is 0 Å². The Morgan fingerprint density at radius 2 is 2.42 bits per heavy atom. The first kappa shape index (κ1) is 9.07. The third-order valence-electron chi connectivity index (χ3n) is 1.56. The Labute approximate surface area is 73.6 Å². The van der Waals surface area contributed by atoms with E-state index in [2.05, 4.69) is 24.6 Å². The van der Waals surface area contributed by atoms with Gasteiger partial charge in [0.2, 0.25) is 0 Å². The zero-order chi connectivity index (χ0) is 8.81. The number of nitrogens with one attached hydrogen (secondary N) is 1. The van der Waals surface area contributed by atoms with Crippen molar-refractivity contribution >= 4 is 18.7 Å². The molecule has 0 unspecified atom stereocenters. The molecule has 0 atom stereocenters. The first-order valence-electron chi connectivity index (χ1n) is 4.13. The predicted octanol–water partition coefficient (Wildman–Crippen LogP) is 0.525. The Balaban J connectivity index is 2.60. The Morgan fingerprint density at radius 3 is 3.08 bits per heavy atom. The number of hydrogen-bond acceptors (Lipinski definition) is 3. The van der Waals surface area contributed by atoms with Crippen LogP contribution in [0.2, 0.25) is 6.32 Å². The van der Waals surface area contributed by atoms with Crippen LogP contribution in [0.25, 0.3) is 0 Å². The van der Waals surface area contributed by atoms with Gasteiger partial charge in [0.05, 0.1) is 0 Å². The highest BCUT2D eigenvalue weighted by atomic mass is 15.2. The lowest BCUT2D eigenvalue weighted by Crippen LogP contribution is -2.20. The maximum absolute atomic E-state index is 5.22. The molecule has 3 nitrogen and oxygen atoms in total. The molecule has 1 rings (SSSR count). The summed E-state index contributed by atoms with van der Waals surface area (Å²) in [6.45, 7) is 2.14. The second kappa shape index (κ2) is 4.77. The van der Waals surface area contributed by atoms with E-state index in [-0.39, 0.29) is 0 Å². The smallest absolute Gasteiger partial charge is 0.177 e. The van der Waals surface area contributed by atoms with Gasteiger partial charge < -0.3 is 5.43 Å². The number of nitrogens with zero attached hydrogens (tertiary/aromatic N) is 1. The number of hydrazine groups is 1. The fourth-order valence-electron chi connectivity index (χ4n) is 0.938. The normalized spacial score (nSPS) is 9.50. The molecule has 3 N–H and O–H groups in total. The van der Waals surface area contributed by atoms with Gasteiger partial charge in [0, 0.05) is 0 Å². The van der Waals surface area contributed by atoms with Crippen LogP contribution >= 0.6 is 0 Å². The molecule has 0 aliphatic rings. The molecule has 1 radical (unpaired) electrons. The molecule has 0 amide bonds. The number of nitrogen functional groups attached to an aromatic ring is 1. The summed E-state index contributed by atoms with van der Waals surface area (Å²) in [5.41, 5.74) is 3.49. The second-order valence-corrected chi connectivity index (χ2v) is 2.58. The van der Waals surface area contributed by atoms with Gasteiger partial charge in [-0.3, -0.25) is 0 Å². The number of hydrogen-bond donors (Lipinski definition) is 2. The summed E-state index contributed by atoms with van der Waals surface area (Å²) in [6, 6.07) is 5.74. The highest BCUT2D eigenvalue weighted by Crippen LogP contribution is 1.95. The van der Waals surface area contributed by atoms with Crippen molar-refractivity contribution < 1.29 is 0 Å². The third-order valence-corrected chi connectivity index (χ3v) is 1.56. The second-order valence-electron chi connectivity index (χ2n) is 2.58. The van der Waals surface area contributed by atoms with Crippen molar-refractivity contribution in [2.24, 2.45) is 5.84 Å². The van der Waals surface area contributed by atoms with E-state index < -0.39 is 0 Å². The van der Waals surface area contributed by atoms with Gasteiger partial charge in [-0.15, -0.1) is 0 Å². The number of aromatic nitrogens is 1. The van der Waals surface area contributed by atoms with E-state index in [0.717, 1.165) is 18.3 Å². The molecule has 0 fully saturated rings. The van der Waals surface area contributed by atoms with Gasteiger partial charge in [-0.05, 0) is 11.7 Å². The van der Waals surface area contributed by atoms with Gasteiger partial charge in [-0.2, -0.15) is 0 Å². The summed E-state index contributed by atoms with van der Waals surface area (Å²) in [7, 11) is 2.10. The van der Waals surface area contributed by atoms with Crippen LogP contribution in [0.1, 0.15) is 13.3 Å². The summed E-state index contributed by atoms with van der Waals surface area (Å²) >= 11 is 0. The molecule has 0 aliphatic heterocycles. The van der Waals surface area contributed by atoms with Crippen molar-refractivity contribution in [2.75, 3.05) is 5.43 Å². The molecule has 1 heterocycles. The van der Waals surface area contributed by atoms with E-state index in [1.54, 1.807) is 0 Å². The van der Waals surface area contributed by atoms with E-state index in [1.165, 1.54) is 0 Å². The summed E-state index contributed by atoms with van der Waals surface area (Å²) in [4.78, 5) is 4.24. The quantitative estimate of drug-likeness (QED) is 0.385. The lowest BCUT2D eigenvalue weighted by Gasteiger charge is -2.01. The van der Waals surface area contributed by atoms with Gasteiger partial charge >= 0.3 is 0 Å². The fourth-order valence-corrected chi connectivity index (χ4v) is 0.938. The zero-order valence-corrected chi connectivity index (χ0v) is 7.25. The molecule has 4 heteroatoms. The topological polar surface area (TPSA) is 50.9 Å². The summed E-state index contributed by atoms with van der Waals surface area (Å²) < 4.78 is 0. The summed E-state index contributed by atoms with van der Waals surface area (Å²) in [5.74, 6) is 5.93. The zero-order valence-electron chi connectivity index (χ0n) is 7.25. The van der Waals surface area contributed by atoms with Gasteiger partial charge in [-0.25, -0.2) is 10.8 Å². The molecule has 0 spiro atoms. The molecule has 12 heavy (non-hydrogen) atoms. The van der Waals surface area contributed by atoms with Crippen LogP contribution in [-0.4, -0.2) is 12.3 Å². The molecule has 1 aromatic rings. The van der Waals surface area contributed by atoms with Crippen LogP contribution in [0, 0.1) is 0 Å².